The molecule has 0 radical (unpaired) electrons. The predicted molar refractivity (Wildman–Crippen MR) is 225 cm³/mol. The Morgan fingerprint density at radius 1 is 0.436 bits per heavy atom. The van der Waals surface area contributed by atoms with Gasteiger partial charge in [0.05, 0.1) is 22.7 Å². The average Bonchev–Trinajstić information content (AvgIpc) is 3.54. The average molecular weight is 708 g/mol. The van der Waals surface area contributed by atoms with Crippen LogP contribution >= 0.6 is 0 Å². The summed E-state index contributed by atoms with van der Waals surface area (Å²) in [5.41, 5.74) is 15.7. The first-order valence-corrected chi connectivity index (χ1v) is 18.5. The lowest BCUT2D eigenvalue weighted by Gasteiger charge is -2.13. The van der Waals surface area contributed by atoms with Crippen LogP contribution in [0.1, 0.15) is 27.8 Å². The second-order valence-corrected chi connectivity index (χ2v) is 14.3. The molecule has 0 aliphatic heterocycles. The van der Waals surface area contributed by atoms with Crippen molar-refractivity contribution in [3.8, 4) is 68.2 Å². The van der Waals surface area contributed by atoms with E-state index in [9.17, 15) is 5.26 Å². The number of hydrogen-bond donors (Lipinski definition) is 0. The molecule has 0 saturated heterocycles. The quantitative estimate of drug-likeness (QED) is 0.173. The van der Waals surface area contributed by atoms with Crippen molar-refractivity contribution in [1.82, 2.24) is 19.5 Å². The zero-order chi connectivity index (χ0) is 37.6. The van der Waals surface area contributed by atoms with E-state index in [2.05, 4.69) is 117 Å². The highest BCUT2D eigenvalue weighted by molar-refractivity contribution is 6.11. The largest absolute Gasteiger partial charge is 0.309 e. The molecule has 0 N–H and O–H groups in total. The third-order valence-electron chi connectivity index (χ3n) is 10.5. The van der Waals surface area contributed by atoms with E-state index in [-0.39, 0.29) is 0 Å². The third-order valence-corrected chi connectivity index (χ3v) is 10.5. The Labute approximate surface area is 320 Å². The van der Waals surface area contributed by atoms with Crippen LogP contribution in [0, 0.1) is 39.0 Å². The van der Waals surface area contributed by atoms with Crippen LogP contribution in [0.5, 0.6) is 0 Å². The van der Waals surface area contributed by atoms with Crippen LogP contribution in [-0.4, -0.2) is 19.5 Å². The van der Waals surface area contributed by atoms with Gasteiger partial charge in [-0.05, 0) is 104 Å². The van der Waals surface area contributed by atoms with Gasteiger partial charge in [0.15, 0.2) is 17.5 Å². The number of nitriles is 1. The van der Waals surface area contributed by atoms with Crippen LogP contribution in [0.2, 0.25) is 0 Å². The predicted octanol–water partition coefficient (Wildman–Crippen LogP) is 12.4. The maximum absolute atomic E-state index is 10.7. The fraction of sp³-hybridized carbons (Fsp3) is 0.0800. The van der Waals surface area contributed by atoms with Crippen molar-refractivity contribution < 1.29 is 0 Å². The topological polar surface area (TPSA) is 67.4 Å². The number of aryl methyl sites for hydroxylation is 4. The SMILES string of the molecule is Cc1ccc(-c2ccc3c(c2)c2cc(-c4ccc(C)cc4C)ccc2n3-c2ccc(-c3nc(-c4ccccc4)nc(-c4ccccc4)n3)c(C#N)c2)c(C)c1. The molecule has 0 saturated carbocycles. The Morgan fingerprint density at radius 2 is 0.909 bits per heavy atom. The molecule has 0 amide bonds. The van der Waals surface area contributed by atoms with Gasteiger partial charge < -0.3 is 4.57 Å². The van der Waals surface area contributed by atoms with E-state index in [0.29, 0.717) is 28.6 Å². The van der Waals surface area contributed by atoms with E-state index in [1.54, 1.807) is 0 Å². The van der Waals surface area contributed by atoms with Crippen LogP contribution in [0.4, 0.5) is 0 Å². The van der Waals surface area contributed by atoms with Crippen molar-refractivity contribution in [2.75, 3.05) is 0 Å². The molecule has 9 rings (SSSR count). The number of benzene rings is 7. The van der Waals surface area contributed by atoms with Crippen LogP contribution in [0.15, 0.2) is 152 Å². The van der Waals surface area contributed by atoms with E-state index in [4.69, 9.17) is 15.0 Å². The minimum absolute atomic E-state index is 0.453. The number of rotatable bonds is 6. The lowest BCUT2D eigenvalue weighted by atomic mass is 9.95. The molecular formula is C50H37N5. The van der Waals surface area contributed by atoms with Crippen molar-refractivity contribution in [2.45, 2.75) is 27.7 Å². The molecule has 0 fully saturated rings. The van der Waals surface area contributed by atoms with Crippen LogP contribution in [-0.2, 0) is 0 Å². The molecule has 262 valence electrons. The molecule has 0 unspecified atom stereocenters. The second-order valence-electron chi connectivity index (χ2n) is 14.3. The zero-order valence-electron chi connectivity index (χ0n) is 31.2. The minimum atomic E-state index is 0.453. The van der Waals surface area contributed by atoms with E-state index < -0.39 is 0 Å². The Kier molecular flexibility index (Phi) is 8.37. The van der Waals surface area contributed by atoms with E-state index in [1.165, 1.54) is 44.5 Å². The highest BCUT2D eigenvalue weighted by atomic mass is 15.0. The highest BCUT2D eigenvalue weighted by Crippen LogP contribution is 2.39. The molecule has 0 spiro atoms. The number of nitrogens with zero attached hydrogens (tertiary/aromatic N) is 5. The van der Waals surface area contributed by atoms with Gasteiger partial charge in [0.1, 0.15) is 0 Å². The number of fused-ring (bicyclic) bond motifs is 3. The Bertz CT molecular complexity index is 2800. The summed E-state index contributed by atoms with van der Waals surface area (Å²) in [4.78, 5) is 14.7. The normalized spacial score (nSPS) is 11.3. The summed E-state index contributed by atoms with van der Waals surface area (Å²) < 4.78 is 2.27. The van der Waals surface area contributed by atoms with E-state index in [1.807, 2.05) is 72.8 Å². The van der Waals surface area contributed by atoms with Crippen LogP contribution < -0.4 is 0 Å². The maximum Gasteiger partial charge on any atom is 0.165 e. The zero-order valence-corrected chi connectivity index (χ0v) is 31.2. The molecule has 5 nitrogen and oxygen atoms in total. The first-order chi connectivity index (χ1) is 26.8. The second kappa shape index (κ2) is 13.7. The van der Waals surface area contributed by atoms with Gasteiger partial charge >= 0.3 is 0 Å². The molecule has 0 atom stereocenters. The lowest BCUT2D eigenvalue weighted by molar-refractivity contribution is 1.07. The van der Waals surface area contributed by atoms with Gasteiger partial charge in [0.25, 0.3) is 0 Å². The molecule has 2 heterocycles. The van der Waals surface area contributed by atoms with Gasteiger partial charge in [-0.1, -0.05) is 120 Å². The van der Waals surface area contributed by atoms with Crippen molar-refractivity contribution in [3.05, 3.63) is 179 Å². The number of aromatic nitrogens is 4. The van der Waals surface area contributed by atoms with E-state index in [0.717, 1.165) is 38.6 Å². The fourth-order valence-corrected chi connectivity index (χ4v) is 7.80. The first-order valence-electron chi connectivity index (χ1n) is 18.5. The van der Waals surface area contributed by atoms with E-state index >= 15 is 0 Å². The summed E-state index contributed by atoms with van der Waals surface area (Å²) in [6.07, 6.45) is 0. The summed E-state index contributed by atoms with van der Waals surface area (Å²) in [7, 11) is 0. The van der Waals surface area contributed by atoms with Crippen molar-refractivity contribution in [1.29, 1.82) is 5.26 Å². The Balaban J connectivity index is 1.24. The van der Waals surface area contributed by atoms with Gasteiger partial charge in [-0.3, -0.25) is 0 Å². The molecule has 0 bridgehead atoms. The summed E-state index contributed by atoms with van der Waals surface area (Å²) in [6.45, 7) is 8.62. The first kappa shape index (κ1) is 33.7. The summed E-state index contributed by atoms with van der Waals surface area (Å²) in [5.74, 6) is 1.56. The van der Waals surface area contributed by atoms with Crippen molar-refractivity contribution in [2.24, 2.45) is 0 Å². The Morgan fingerprint density at radius 3 is 1.38 bits per heavy atom. The Hall–Kier alpha value is -7.16. The highest BCUT2D eigenvalue weighted by Gasteiger charge is 2.19. The molecule has 7 aromatic carbocycles. The van der Waals surface area contributed by atoms with Gasteiger partial charge in [-0.15, -0.1) is 0 Å². The maximum atomic E-state index is 10.7. The lowest BCUT2D eigenvalue weighted by Crippen LogP contribution is -2.02. The summed E-state index contributed by atoms with van der Waals surface area (Å²) in [6, 6.07) is 55.0. The number of hydrogen-bond acceptors (Lipinski definition) is 4. The summed E-state index contributed by atoms with van der Waals surface area (Å²) in [5, 5.41) is 13.0. The molecule has 0 aliphatic carbocycles. The molecule has 5 heteroatoms. The third kappa shape index (κ3) is 6.14. The monoisotopic (exact) mass is 707 g/mol. The van der Waals surface area contributed by atoms with Crippen molar-refractivity contribution in [3.63, 3.8) is 0 Å². The van der Waals surface area contributed by atoms with Gasteiger partial charge in [-0.25, -0.2) is 15.0 Å². The smallest absolute Gasteiger partial charge is 0.165 e. The van der Waals surface area contributed by atoms with Crippen LogP contribution in [0.25, 0.3) is 83.9 Å². The van der Waals surface area contributed by atoms with Gasteiger partial charge in [0, 0.05) is 33.2 Å². The molecule has 55 heavy (non-hydrogen) atoms. The molecular weight excluding hydrogens is 671 g/mol. The summed E-state index contributed by atoms with van der Waals surface area (Å²) >= 11 is 0. The van der Waals surface area contributed by atoms with Gasteiger partial charge in [-0.2, -0.15) is 5.26 Å². The molecule has 0 aliphatic rings. The van der Waals surface area contributed by atoms with Gasteiger partial charge in [0.2, 0.25) is 0 Å². The minimum Gasteiger partial charge on any atom is -0.309 e. The molecule has 2 aromatic heterocycles. The standard InChI is InChI=1S/C50H37N5/c1-31-15-20-41(33(3)25-31)37-17-23-46-44(28-37)45-29-38(42-21-16-32(2)26-34(42)4)18-24-47(45)55(46)40-19-22-43(39(27-40)30-51)50-53-48(35-11-7-5-8-12-35)52-49(54-50)36-13-9-6-10-14-36/h5-29H,1-4H3. The van der Waals surface area contributed by atoms with Crippen molar-refractivity contribution >= 4 is 21.8 Å². The fourth-order valence-electron chi connectivity index (χ4n) is 7.80. The molecule has 9 aromatic rings. The van der Waals surface area contributed by atoms with Crippen LogP contribution in [0.3, 0.4) is 0 Å².